The van der Waals surface area contributed by atoms with E-state index in [9.17, 15) is 4.79 Å². The van der Waals surface area contributed by atoms with Crippen molar-refractivity contribution in [1.82, 2.24) is 5.32 Å². The van der Waals surface area contributed by atoms with Crippen molar-refractivity contribution in [2.45, 2.75) is 19.3 Å². The lowest BCUT2D eigenvalue weighted by molar-refractivity contribution is 0.252. The molecule has 0 saturated carbocycles. The Morgan fingerprint density at radius 1 is 1.25 bits per heavy atom. The molecule has 4 heteroatoms. The van der Waals surface area contributed by atoms with Gasteiger partial charge in [-0.05, 0) is 25.0 Å². The van der Waals surface area contributed by atoms with Gasteiger partial charge in [0.05, 0.1) is 6.07 Å². The highest BCUT2D eigenvalue weighted by atomic mass is 16.2. The van der Waals surface area contributed by atoms with E-state index < -0.39 is 0 Å². The van der Waals surface area contributed by atoms with Gasteiger partial charge in [0.15, 0.2) is 0 Å². The molecule has 0 aliphatic rings. The minimum absolute atomic E-state index is 0.205. The maximum atomic E-state index is 11.4. The zero-order valence-electron chi connectivity index (χ0n) is 9.07. The van der Waals surface area contributed by atoms with E-state index in [-0.39, 0.29) is 6.03 Å². The molecular weight excluding hydrogens is 202 g/mol. The molecule has 1 rings (SSSR count). The quantitative estimate of drug-likeness (QED) is 0.744. The van der Waals surface area contributed by atoms with Gasteiger partial charge in [-0.1, -0.05) is 18.2 Å². The summed E-state index contributed by atoms with van der Waals surface area (Å²) in [4.78, 5) is 11.4. The standard InChI is InChI=1S/C12H15N3O/c13-9-5-2-6-10-14-12(16)15-11-7-3-1-4-8-11/h1,3-4,7-8H,2,5-6,10H2,(H2,14,15,16). The number of unbranched alkanes of at least 4 members (excludes halogenated alkanes) is 2. The molecule has 2 amide bonds. The zero-order valence-corrected chi connectivity index (χ0v) is 9.07. The van der Waals surface area contributed by atoms with Gasteiger partial charge in [-0.3, -0.25) is 0 Å². The Kier molecular flexibility index (Phi) is 5.49. The Bertz CT molecular complexity index is 356. The summed E-state index contributed by atoms with van der Waals surface area (Å²) in [5.41, 5.74) is 0.775. The largest absolute Gasteiger partial charge is 0.338 e. The summed E-state index contributed by atoms with van der Waals surface area (Å²) in [5.74, 6) is 0. The molecule has 1 aromatic rings. The summed E-state index contributed by atoms with van der Waals surface area (Å²) >= 11 is 0. The molecule has 84 valence electrons. The molecule has 0 spiro atoms. The Morgan fingerprint density at radius 3 is 2.69 bits per heavy atom. The van der Waals surface area contributed by atoms with E-state index in [2.05, 4.69) is 16.7 Å². The molecule has 1 aromatic carbocycles. The lowest BCUT2D eigenvalue weighted by Gasteiger charge is -2.06. The Morgan fingerprint density at radius 2 is 2.00 bits per heavy atom. The van der Waals surface area contributed by atoms with E-state index in [0.717, 1.165) is 18.5 Å². The predicted molar refractivity (Wildman–Crippen MR) is 62.9 cm³/mol. The molecule has 0 aliphatic heterocycles. The van der Waals surface area contributed by atoms with E-state index in [1.54, 1.807) is 0 Å². The Hall–Kier alpha value is -2.02. The van der Waals surface area contributed by atoms with Gasteiger partial charge in [-0.2, -0.15) is 5.26 Å². The van der Waals surface area contributed by atoms with Crippen molar-refractivity contribution >= 4 is 11.7 Å². The lowest BCUT2D eigenvalue weighted by Crippen LogP contribution is -2.29. The molecule has 16 heavy (non-hydrogen) atoms. The van der Waals surface area contributed by atoms with Gasteiger partial charge in [0.1, 0.15) is 0 Å². The molecule has 4 nitrogen and oxygen atoms in total. The third-order valence-corrected chi connectivity index (χ3v) is 2.03. The second-order valence-electron chi connectivity index (χ2n) is 3.36. The number of anilines is 1. The molecule has 0 radical (unpaired) electrons. The average molecular weight is 217 g/mol. The number of carbonyl (C=O) groups excluding carboxylic acids is 1. The number of carbonyl (C=O) groups is 1. The monoisotopic (exact) mass is 217 g/mol. The van der Waals surface area contributed by atoms with Crippen LogP contribution in [0.2, 0.25) is 0 Å². The summed E-state index contributed by atoms with van der Waals surface area (Å²) in [6.07, 6.45) is 2.19. The minimum atomic E-state index is -0.205. The van der Waals surface area contributed by atoms with Crippen molar-refractivity contribution in [2.24, 2.45) is 0 Å². The lowest BCUT2D eigenvalue weighted by atomic mass is 10.2. The first-order valence-electron chi connectivity index (χ1n) is 5.30. The van der Waals surface area contributed by atoms with Crippen molar-refractivity contribution in [1.29, 1.82) is 5.26 Å². The van der Waals surface area contributed by atoms with Crippen molar-refractivity contribution in [3.63, 3.8) is 0 Å². The van der Waals surface area contributed by atoms with Gasteiger partial charge < -0.3 is 10.6 Å². The van der Waals surface area contributed by atoms with Crippen LogP contribution in [-0.4, -0.2) is 12.6 Å². The van der Waals surface area contributed by atoms with Crippen LogP contribution in [0.1, 0.15) is 19.3 Å². The summed E-state index contributed by atoms with van der Waals surface area (Å²) in [7, 11) is 0. The van der Waals surface area contributed by atoms with Gasteiger partial charge >= 0.3 is 6.03 Å². The van der Waals surface area contributed by atoms with E-state index in [1.807, 2.05) is 30.3 Å². The molecule has 2 N–H and O–H groups in total. The normalized spacial score (nSPS) is 9.19. The number of rotatable bonds is 5. The van der Waals surface area contributed by atoms with Crippen LogP contribution in [0, 0.1) is 11.3 Å². The van der Waals surface area contributed by atoms with Crippen LogP contribution in [0.15, 0.2) is 30.3 Å². The van der Waals surface area contributed by atoms with Crippen LogP contribution in [0.3, 0.4) is 0 Å². The summed E-state index contributed by atoms with van der Waals surface area (Å²) in [5, 5.41) is 13.8. The molecule has 0 heterocycles. The minimum Gasteiger partial charge on any atom is -0.338 e. The molecule has 0 saturated heterocycles. The van der Waals surface area contributed by atoms with Gasteiger partial charge in [0.25, 0.3) is 0 Å². The molecule has 0 bridgehead atoms. The number of nitrogens with one attached hydrogen (secondary N) is 2. The predicted octanol–water partition coefficient (Wildman–Crippen LogP) is 2.50. The number of nitriles is 1. The molecule has 0 unspecified atom stereocenters. The third-order valence-electron chi connectivity index (χ3n) is 2.03. The smallest absolute Gasteiger partial charge is 0.319 e. The SMILES string of the molecule is N#CCCCCNC(=O)Nc1ccccc1. The highest BCUT2D eigenvalue weighted by molar-refractivity contribution is 5.89. The van der Waals surface area contributed by atoms with Crippen LogP contribution in [0.5, 0.6) is 0 Å². The van der Waals surface area contributed by atoms with Crippen molar-refractivity contribution < 1.29 is 4.79 Å². The fraction of sp³-hybridized carbons (Fsp3) is 0.333. The number of hydrogen-bond donors (Lipinski definition) is 2. The first-order chi connectivity index (χ1) is 7.83. The van der Waals surface area contributed by atoms with Gasteiger partial charge in [-0.25, -0.2) is 4.79 Å². The fourth-order valence-corrected chi connectivity index (χ4v) is 1.23. The van der Waals surface area contributed by atoms with E-state index >= 15 is 0 Å². The average Bonchev–Trinajstić information content (AvgIpc) is 2.30. The number of amides is 2. The number of hydrogen-bond acceptors (Lipinski definition) is 2. The fourth-order valence-electron chi connectivity index (χ4n) is 1.23. The number of para-hydroxylation sites is 1. The Labute approximate surface area is 95.3 Å². The van der Waals surface area contributed by atoms with E-state index in [4.69, 9.17) is 5.26 Å². The van der Waals surface area contributed by atoms with Crippen molar-refractivity contribution in [3.8, 4) is 6.07 Å². The maximum absolute atomic E-state index is 11.4. The van der Waals surface area contributed by atoms with Gasteiger partial charge in [0, 0.05) is 18.7 Å². The molecule has 0 atom stereocenters. The second-order valence-corrected chi connectivity index (χ2v) is 3.36. The molecule has 0 fully saturated rings. The van der Waals surface area contributed by atoms with Crippen LogP contribution in [0.4, 0.5) is 10.5 Å². The summed E-state index contributed by atoms with van der Waals surface area (Å²) in [6.45, 7) is 0.598. The first-order valence-corrected chi connectivity index (χ1v) is 5.30. The first kappa shape index (κ1) is 12.1. The van der Waals surface area contributed by atoms with Gasteiger partial charge in [-0.15, -0.1) is 0 Å². The summed E-state index contributed by atoms with van der Waals surface area (Å²) in [6, 6.07) is 11.1. The van der Waals surface area contributed by atoms with Gasteiger partial charge in [0.2, 0.25) is 0 Å². The number of nitrogens with zero attached hydrogens (tertiary/aromatic N) is 1. The zero-order chi connectivity index (χ0) is 11.6. The van der Waals surface area contributed by atoms with E-state index in [0.29, 0.717) is 13.0 Å². The number of urea groups is 1. The topological polar surface area (TPSA) is 64.9 Å². The van der Waals surface area contributed by atoms with Crippen LogP contribution < -0.4 is 10.6 Å². The van der Waals surface area contributed by atoms with Crippen molar-refractivity contribution in [2.75, 3.05) is 11.9 Å². The highest BCUT2D eigenvalue weighted by Crippen LogP contribution is 2.04. The summed E-state index contributed by atoms with van der Waals surface area (Å²) < 4.78 is 0. The highest BCUT2D eigenvalue weighted by Gasteiger charge is 1.99. The third kappa shape index (κ3) is 5.01. The second kappa shape index (κ2) is 7.30. The van der Waals surface area contributed by atoms with Crippen LogP contribution in [0.25, 0.3) is 0 Å². The maximum Gasteiger partial charge on any atom is 0.319 e. The Balaban J connectivity index is 2.15. The van der Waals surface area contributed by atoms with Crippen LogP contribution in [-0.2, 0) is 0 Å². The molecule has 0 aliphatic carbocycles. The van der Waals surface area contributed by atoms with E-state index in [1.165, 1.54) is 0 Å². The number of benzene rings is 1. The molecule has 0 aromatic heterocycles. The van der Waals surface area contributed by atoms with Crippen molar-refractivity contribution in [3.05, 3.63) is 30.3 Å². The molecular formula is C12H15N3O. The van der Waals surface area contributed by atoms with Crippen LogP contribution >= 0.6 is 0 Å².